The lowest BCUT2D eigenvalue weighted by molar-refractivity contribution is -0.139. The van der Waals surface area contributed by atoms with Gasteiger partial charge in [-0.05, 0) is 30.9 Å². The molecule has 2 N–H and O–H groups in total. The van der Waals surface area contributed by atoms with E-state index in [2.05, 4.69) is 10.6 Å². The number of nitrogens with one attached hydrogen (secondary N) is 2. The van der Waals surface area contributed by atoms with Gasteiger partial charge in [-0.15, -0.1) is 0 Å². The minimum absolute atomic E-state index is 0.0323. The number of carbonyl (C=O) groups is 4. The van der Waals surface area contributed by atoms with Gasteiger partial charge in [0.2, 0.25) is 11.8 Å². The predicted octanol–water partition coefficient (Wildman–Crippen LogP) is 0.803. The quantitative estimate of drug-likeness (QED) is 0.753. The van der Waals surface area contributed by atoms with Crippen molar-refractivity contribution in [3.63, 3.8) is 0 Å². The largest absolute Gasteiger partial charge is 0.342 e. The van der Waals surface area contributed by atoms with Crippen molar-refractivity contribution in [1.29, 1.82) is 0 Å². The van der Waals surface area contributed by atoms with Crippen molar-refractivity contribution in [2.45, 2.75) is 38.1 Å². The molecule has 0 radical (unpaired) electrons. The average Bonchev–Trinajstić information content (AvgIpc) is 3.21. The van der Waals surface area contributed by atoms with Crippen molar-refractivity contribution >= 4 is 29.4 Å². The topological polar surface area (TPSA) is 98.8 Å². The minimum Gasteiger partial charge on any atom is -0.342 e. The van der Waals surface area contributed by atoms with Gasteiger partial charge >= 0.3 is 6.03 Å². The lowest BCUT2D eigenvalue weighted by Crippen LogP contribution is -2.56. The Kier molecular flexibility index (Phi) is 4.56. The Morgan fingerprint density at radius 1 is 1.18 bits per heavy atom. The summed E-state index contributed by atoms with van der Waals surface area (Å²) in [5, 5.41) is 4.97. The first kappa shape index (κ1) is 18.5. The van der Waals surface area contributed by atoms with E-state index < -0.39 is 11.6 Å². The summed E-state index contributed by atoms with van der Waals surface area (Å²) in [6.45, 7) is 3.21. The molecule has 8 nitrogen and oxygen atoms in total. The van der Waals surface area contributed by atoms with Crippen LogP contribution in [-0.4, -0.2) is 53.8 Å². The zero-order valence-corrected chi connectivity index (χ0v) is 15.9. The van der Waals surface area contributed by atoms with Gasteiger partial charge in [-0.2, -0.15) is 0 Å². The van der Waals surface area contributed by atoms with Crippen molar-refractivity contribution in [1.82, 2.24) is 15.5 Å². The molecule has 148 valence electrons. The molecular formula is C20H24N4O4. The van der Waals surface area contributed by atoms with E-state index in [1.54, 1.807) is 9.80 Å². The van der Waals surface area contributed by atoms with E-state index in [0.717, 1.165) is 17.7 Å². The van der Waals surface area contributed by atoms with Gasteiger partial charge in [0.1, 0.15) is 5.54 Å². The SMILES string of the molecule is CCc1ccccc1N1CC(C(=O)N2CCC3(CC2)NC(=O)NC3=O)CC1=O. The molecule has 3 fully saturated rings. The highest BCUT2D eigenvalue weighted by molar-refractivity contribution is 6.07. The van der Waals surface area contributed by atoms with Gasteiger partial charge in [-0.25, -0.2) is 4.79 Å². The zero-order valence-electron chi connectivity index (χ0n) is 15.9. The number of likely N-dealkylation sites (tertiary alicyclic amines) is 1. The fraction of sp³-hybridized carbons (Fsp3) is 0.500. The highest BCUT2D eigenvalue weighted by Crippen LogP contribution is 2.31. The van der Waals surface area contributed by atoms with Crippen LogP contribution in [0.5, 0.6) is 0 Å². The second-order valence-corrected chi connectivity index (χ2v) is 7.70. The van der Waals surface area contributed by atoms with Gasteiger partial charge in [0.05, 0.1) is 5.92 Å². The number of urea groups is 1. The summed E-state index contributed by atoms with van der Waals surface area (Å²) >= 11 is 0. The number of hydrogen-bond donors (Lipinski definition) is 2. The third-order valence-corrected chi connectivity index (χ3v) is 6.08. The van der Waals surface area contributed by atoms with Gasteiger partial charge in [-0.1, -0.05) is 25.1 Å². The maximum atomic E-state index is 13.0. The first-order chi connectivity index (χ1) is 13.4. The molecule has 0 saturated carbocycles. The van der Waals surface area contributed by atoms with Crippen molar-refractivity contribution in [2.75, 3.05) is 24.5 Å². The van der Waals surface area contributed by atoms with Crippen LogP contribution in [0.4, 0.5) is 10.5 Å². The molecule has 0 bridgehead atoms. The number of aryl methyl sites for hydroxylation is 1. The predicted molar refractivity (Wildman–Crippen MR) is 101 cm³/mol. The first-order valence-electron chi connectivity index (χ1n) is 9.74. The lowest BCUT2D eigenvalue weighted by Gasteiger charge is -2.37. The smallest absolute Gasteiger partial charge is 0.322 e. The number of rotatable bonds is 3. The van der Waals surface area contributed by atoms with E-state index >= 15 is 0 Å². The molecule has 3 saturated heterocycles. The van der Waals surface area contributed by atoms with Crippen LogP contribution < -0.4 is 15.5 Å². The van der Waals surface area contributed by atoms with E-state index in [-0.39, 0.29) is 30.1 Å². The summed E-state index contributed by atoms with van der Waals surface area (Å²) in [6.07, 6.45) is 1.80. The monoisotopic (exact) mass is 384 g/mol. The molecule has 0 aromatic heterocycles. The summed E-state index contributed by atoms with van der Waals surface area (Å²) in [5.41, 5.74) is 1.07. The highest BCUT2D eigenvalue weighted by atomic mass is 16.2. The van der Waals surface area contributed by atoms with Crippen molar-refractivity contribution in [3.05, 3.63) is 29.8 Å². The van der Waals surface area contributed by atoms with Gasteiger partial charge in [0.15, 0.2) is 0 Å². The number of carbonyl (C=O) groups excluding carboxylic acids is 4. The number of amides is 5. The third kappa shape index (κ3) is 3.02. The van der Waals surface area contributed by atoms with Gasteiger partial charge in [0.25, 0.3) is 5.91 Å². The minimum atomic E-state index is -0.897. The molecule has 3 heterocycles. The number of hydrogen-bond acceptors (Lipinski definition) is 4. The fourth-order valence-electron chi connectivity index (χ4n) is 4.43. The lowest BCUT2D eigenvalue weighted by atomic mass is 9.87. The number of nitrogens with zero attached hydrogens (tertiary/aromatic N) is 2. The molecular weight excluding hydrogens is 360 g/mol. The molecule has 28 heavy (non-hydrogen) atoms. The number of anilines is 1. The highest BCUT2D eigenvalue weighted by Gasteiger charge is 2.49. The van der Waals surface area contributed by atoms with Gasteiger partial charge < -0.3 is 15.1 Å². The normalized spacial score (nSPS) is 23.9. The average molecular weight is 384 g/mol. The number of para-hydroxylation sites is 1. The van der Waals surface area contributed by atoms with Crippen LogP contribution in [0.3, 0.4) is 0 Å². The third-order valence-electron chi connectivity index (χ3n) is 6.08. The number of imide groups is 1. The fourth-order valence-corrected chi connectivity index (χ4v) is 4.43. The Labute approximate surface area is 163 Å². The van der Waals surface area contributed by atoms with Crippen LogP contribution in [-0.2, 0) is 20.8 Å². The van der Waals surface area contributed by atoms with Crippen LogP contribution >= 0.6 is 0 Å². The maximum absolute atomic E-state index is 13.0. The molecule has 1 spiro atoms. The van der Waals surface area contributed by atoms with E-state index in [0.29, 0.717) is 32.5 Å². The summed E-state index contributed by atoms with van der Waals surface area (Å²) in [7, 11) is 0. The van der Waals surface area contributed by atoms with Crippen molar-refractivity contribution in [2.24, 2.45) is 5.92 Å². The molecule has 1 atom stereocenters. The molecule has 4 rings (SSSR count). The summed E-state index contributed by atoms with van der Waals surface area (Å²) in [4.78, 5) is 52.5. The van der Waals surface area contributed by atoms with Gasteiger partial charge in [-0.3, -0.25) is 19.7 Å². The van der Waals surface area contributed by atoms with Crippen LogP contribution in [0.1, 0.15) is 31.7 Å². The summed E-state index contributed by atoms with van der Waals surface area (Å²) in [6, 6.07) is 7.31. The molecule has 1 aromatic rings. The number of benzene rings is 1. The van der Waals surface area contributed by atoms with Gasteiger partial charge in [0, 0.05) is 31.7 Å². The molecule has 1 unspecified atom stereocenters. The Morgan fingerprint density at radius 3 is 2.54 bits per heavy atom. The Hall–Kier alpha value is -2.90. The van der Waals surface area contributed by atoms with E-state index in [1.807, 2.05) is 31.2 Å². The molecule has 0 aliphatic carbocycles. The second-order valence-electron chi connectivity index (χ2n) is 7.70. The summed E-state index contributed by atoms with van der Waals surface area (Å²) in [5.74, 6) is -0.777. The van der Waals surface area contributed by atoms with E-state index in [1.165, 1.54) is 0 Å². The van der Waals surface area contributed by atoms with E-state index in [4.69, 9.17) is 0 Å². The molecule has 8 heteroatoms. The van der Waals surface area contributed by atoms with Crippen molar-refractivity contribution < 1.29 is 19.2 Å². The van der Waals surface area contributed by atoms with E-state index in [9.17, 15) is 19.2 Å². The Morgan fingerprint density at radius 2 is 1.89 bits per heavy atom. The zero-order chi connectivity index (χ0) is 19.9. The molecule has 5 amide bonds. The Balaban J connectivity index is 1.42. The molecule has 3 aliphatic rings. The molecule has 3 aliphatic heterocycles. The van der Waals surface area contributed by atoms with Crippen LogP contribution in [0, 0.1) is 5.92 Å². The van der Waals surface area contributed by atoms with Crippen LogP contribution in [0.15, 0.2) is 24.3 Å². The first-order valence-corrected chi connectivity index (χ1v) is 9.74. The molecule has 1 aromatic carbocycles. The van der Waals surface area contributed by atoms with Crippen LogP contribution in [0.2, 0.25) is 0 Å². The van der Waals surface area contributed by atoms with Crippen LogP contribution in [0.25, 0.3) is 0 Å². The summed E-state index contributed by atoms with van der Waals surface area (Å²) < 4.78 is 0. The Bertz CT molecular complexity index is 844. The maximum Gasteiger partial charge on any atom is 0.322 e. The second kappa shape index (κ2) is 6.92. The van der Waals surface area contributed by atoms with Crippen molar-refractivity contribution in [3.8, 4) is 0 Å². The standard InChI is InChI=1S/C20H24N4O4/c1-2-13-5-3-4-6-15(13)24-12-14(11-16(24)25)17(26)23-9-7-20(8-10-23)18(27)21-19(28)22-20/h3-6,14H,2,7-12H2,1H3,(H2,21,22,27,28). The number of piperidine rings is 1.